The molecule has 2 saturated heterocycles. The van der Waals surface area contributed by atoms with Crippen LogP contribution in [0.1, 0.15) is 41.5 Å². The molecule has 32 heavy (non-hydrogen) atoms. The van der Waals surface area contributed by atoms with Gasteiger partial charge in [-0.15, -0.1) is 0 Å². The molecule has 2 rings (SSSR count). The summed E-state index contributed by atoms with van der Waals surface area (Å²) in [6.45, 7) is 15.8. The normalized spacial score (nSPS) is 22.8. The van der Waals surface area contributed by atoms with E-state index < -0.39 is 11.2 Å². The molecule has 0 spiro atoms. The molecule has 2 fully saturated rings. The predicted molar refractivity (Wildman–Crippen MR) is 125 cm³/mol. The number of amides is 2. The quantitative estimate of drug-likeness (QED) is 0.554. The van der Waals surface area contributed by atoms with Crippen LogP contribution in [0.2, 0.25) is 0 Å². The molecule has 2 unspecified atom stereocenters. The summed E-state index contributed by atoms with van der Waals surface area (Å²) in [5.41, 5.74) is -0.924. The Bertz CT molecular complexity index is 528. The third-order valence-corrected chi connectivity index (χ3v) is 5.37. The van der Waals surface area contributed by atoms with Crippen LogP contribution in [0.4, 0.5) is 9.59 Å². The van der Waals surface area contributed by atoms with Gasteiger partial charge < -0.3 is 33.9 Å². The van der Waals surface area contributed by atoms with Crippen LogP contribution in [0.5, 0.6) is 0 Å². The largest absolute Gasteiger partial charge is 0.444 e. The van der Waals surface area contributed by atoms with Gasteiger partial charge in [0.1, 0.15) is 11.2 Å². The molecule has 2 heterocycles. The lowest BCUT2D eigenvalue weighted by Crippen LogP contribution is -2.40. The topological polar surface area (TPSA) is 97.8 Å². The van der Waals surface area contributed by atoms with Crippen molar-refractivity contribution in [3.05, 3.63) is 0 Å². The molecule has 2 aliphatic rings. The van der Waals surface area contributed by atoms with Gasteiger partial charge in [0.2, 0.25) is 0 Å². The second kappa shape index (κ2) is 13.6. The summed E-state index contributed by atoms with van der Waals surface area (Å²) in [6.07, 6.45) is -0.583. The second-order valence-electron chi connectivity index (χ2n) is 10.1. The van der Waals surface area contributed by atoms with E-state index in [0.29, 0.717) is 58.5 Å². The van der Waals surface area contributed by atoms with Crippen molar-refractivity contribution in [3.8, 4) is 0 Å². The number of hydrogen-bond acceptors (Lipinski definition) is 7. The smallest absolute Gasteiger partial charge is 0.410 e. The Morgan fingerprint density at radius 3 is 1.66 bits per heavy atom. The van der Waals surface area contributed by atoms with Crippen LogP contribution in [0.3, 0.4) is 0 Å². The van der Waals surface area contributed by atoms with E-state index in [2.05, 4.69) is 15.9 Å². The zero-order valence-electron chi connectivity index (χ0n) is 20.4. The Labute approximate surface area is 200 Å². The van der Waals surface area contributed by atoms with E-state index in [9.17, 15) is 9.59 Å². The van der Waals surface area contributed by atoms with Gasteiger partial charge in [-0.05, 0) is 41.5 Å². The second-order valence-corrected chi connectivity index (χ2v) is 10.7. The molecule has 1 N–H and O–H groups in total. The molecule has 2 amide bonds. The molecule has 9 nitrogen and oxygen atoms in total. The third kappa shape index (κ3) is 12.2. The van der Waals surface area contributed by atoms with Gasteiger partial charge >= 0.3 is 12.2 Å². The number of ether oxygens (including phenoxy) is 4. The molecule has 2 atom stereocenters. The molecular formula is C22H41BrN2O7. The molecule has 10 heteroatoms. The number of aliphatic hydroxyl groups is 1. The summed E-state index contributed by atoms with van der Waals surface area (Å²) in [5.74, 6) is 0.324. The fourth-order valence-corrected chi connectivity index (χ4v) is 3.34. The van der Waals surface area contributed by atoms with E-state index in [0.717, 1.165) is 5.33 Å². The maximum Gasteiger partial charge on any atom is 0.410 e. The average Bonchev–Trinajstić information content (AvgIpc) is 3.06. The highest BCUT2D eigenvalue weighted by atomic mass is 79.9. The van der Waals surface area contributed by atoms with Gasteiger partial charge in [0, 0.05) is 50.0 Å². The van der Waals surface area contributed by atoms with Gasteiger partial charge in [-0.3, -0.25) is 0 Å². The van der Waals surface area contributed by atoms with Crippen molar-refractivity contribution in [2.24, 2.45) is 11.8 Å². The van der Waals surface area contributed by atoms with Gasteiger partial charge in [-0.2, -0.15) is 0 Å². The molecule has 2 aliphatic heterocycles. The molecule has 188 valence electrons. The van der Waals surface area contributed by atoms with Crippen LogP contribution >= 0.6 is 15.9 Å². The zero-order valence-corrected chi connectivity index (χ0v) is 22.0. The van der Waals surface area contributed by atoms with Crippen molar-refractivity contribution in [2.75, 3.05) is 64.5 Å². The Morgan fingerprint density at radius 1 is 0.875 bits per heavy atom. The molecule has 0 aliphatic carbocycles. The fourth-order valence-electron chi connectivity index (χ4n) is 2.95. The van der Waals surface area contributed by atoms with Crippen molar-refractivity contribution in [1.82, 2.24) is 9.80 Å². The average molecular weight is 525 g/mol. The Morgan fingerprint density at radius 2 is 1.28 bits per heavy atom. The Balaban J connectivity index is 0.000000320. The van der Waals surface area contributed by atoms with Crippen molar-refractivity contribution in [3.63, 3.8) is 0 Å². The number of halogens is 1. The number of aliphatic hydroxyl groups excluding tert-OH is 1. The molecule has 0 radical (unpaired) electrons. The first-order valence-electron chi connectivity index (χ1n) is 11.1. The summed E-state index contributed by atoms with van der Waals surface area (Å²) in [4.78, 5) is 27.0. The van der Waals surface area contributed by atoms with Crippen LogP contribution in [0.25, 0.3) is 0 Å². The lowest BCUT2D eigenvalue weighted by atomic mass is 10.1. The summed E-state index contributed by atoms with van der Waals surface area (Å²) < 4.78 is 21.3. The van der Waals surface area contributed by atoms with E-state index in [1.807, 2.05) is 41.5 Å². The number of nitrogens with zero attached hydrogens (tertiary/aromatic N) is 2. The lowest BCUT2D eigenvalue weighted by Gasteiger charge is -2.27. The number of rotatable bonds is 2. The standard InChI is InChI=1S/C11H20BrNO3.C11H21NO4/c1-11(2,3)16-10(14)13-4-5-15-8-9(6-12)7-13;1-11(2,3)16-10(14)12-4-5-15-8-9(6-12)7-13/h9H,4-8H2,1-3H3;9,13H,4-8H2,1-3H3. The number of carbonyl (C=O) groups excluding carboxylic acids is 2. The van der Waals surface area contributed by atoms with Crippen LogP contribution in [0, 0.1) is 11.8 Å². The van der Waals surface area contributed by atoms with Crippen molar-refractivity contribution >= 4 is 28.1 Å². The number of alkyl halides is 1. The van der Waals surface area contributed by atoms with Crippen LogP contribution < -0.4 is 0 Å². The molecule has 0 aromatic carbocycles. The Kier molecular flexibility index (Phi) is 12.3. The molecular weight excluding hydrogens is 484 g/mol. The highest BCUT2D eigenvalue weighted by Crippen LogP contribution is 2.15. The third-order valence-electron chi connectivity index (χ3n) is 4.46. The van der Waals surface area contributed by atoms with Crippen molar-refractivity contribution in [1.29, 1.82) is 0 Å². The van der Waals surface area contributed by atoms with Crippen LogP contribution in [0.15, 0.2) is 0 Å². The van der Waals surface area contributed by atoms with Gasteiger partial charge in [0.05, 0.1) is 26.4 Å². The van der Waals surface area contributed by atoms with Crippen LogP contribution in [-0.4, -0.2) is 103 Å². The summed E-state index contributed by atoms with van der Waals surface area (Å²) >= 11 is 3.42. The summed E-state index contributed by atoms with van der Waals surface area (Å²) in [7, 11) is 0. The van der Waals surface area contributed by atoms with E-state index in [1.54, 1.807) is 9.80 Å². The minimum Gasteiger partial charge on any atom is -0.444 e. The van der Waals surface area contributed by atoms with Crippen molar-refractivity contribution < 1.29 is 33.6 Å². The van der Waals surface area contributed by atoms with Crippen molar-refractivity contribution in [2.45, 2.75) is 52.7 Å². The SMILES string of the molecule is CC(C)(C)OC(=O)N1CCOCC(CBr)C1.CC(C)(C)OC(=O)N1CCOCC(CO)C1. The first-order chi connectivity index (χ1) is 14.8. The molecule has 0 aromatic rings. The monoisotopic (exact) mass is 524 g/mol. The predicted octanol–water partition coefficient (Wildman–Crippen LogP) is 3.13. The number of hydrogen-bond donors (Lipinski definition) is 1. The van der Waals surface area contributed by atoms with E-state index in [4.69, 9.17) is 24.1 Å². The van der Waals surface area contributed by atoms with Gasteiger partial charge in [0.15, 0.2) is 0 Å². The highest BCUT2D eigenvalue weighted by molar-refractivity contribution is 9.09. The first kappa shape index (κ1) is 28.9. The zero-order chi connectivity index (χ0) is 24.4. The molecule has 0 saturated carbocycles. The lowest BCUT2D eigenvalue weighted by molar-refractivity contribution is 0.0219. The first-order valence-corrected chi connectivity index (χ1v) is 12.2. The summed E-state index contributed by atoms with van der Waals surface area (Å²) in [5, 5.41) is 9.93. The highest BCUT2D eigenvalue weighted by Gasteiger charge is 2.27. The van der Waals surface area contributed by atoms with Gasteiger partial charge in [0.25, 0.3) is 0 Å². The fraction of sp³-hybridized carbons (Fsp3) is 0.909. The van der Waals surface area contributed by atoms with Gasteiger partial charge in [-0.1, -0.05) is 15.9 Å². The summed E-state index contributed by atoms with van der Waals surface area (Å²) in [6, 6.07) is 0. The Hall–Kier alpha value is -1.10. The molecule has 0 bridgehead atoms. The van der Waals surface area contributed by atoms with E-state index >= 15 is 0 Å². The van der Waals surface area contributed by atoms with Crippen LogP contribution in [-0.2, 0) is 18.9 Å². The van der Waals surface area contributed by atoms with Gasteiger partial charge in [-0.25, -0.2) is 9.59 Å². The maximum absolute atomic E-state index is 11.9. The minimum atomic E-state index is -0.487. The van der Waals surface area contributed by atoms with E-state index in [-0.39, 0.29) is 24.7 Å². The van der Waals surface area contributed by atoms with E-state index in [1.165, 1.54) is 0 Å². The molecule has 0 aromatic heterocycles. The number of carbonyl (C=O) groups is 2. The maximum atomic E-state index is 11.9. The minimum absolute atomic E-state index is 0.0185.